The summed E-state index contributed by atoms with van der Waals surface area (Å²) in [6, 6.07) is 33.4. The molecule has 3 aromatic rings. The van der Waals surface area contributed by atoms with Crippen molar-refractivity contribution in [2.45, 2.75) is 71.6 Å². The van der Waals surface area contributed by atoms with Gasteiger partial charge in [0.15, 0.2) is 0 Å². The molecule has 3 rings (SSSR count). The Morgan fingerprint density at radius 3 is 1.41 bits per heavy atom. The molecular weight excluding hydrogens is 567 g/mol. The van der Waals surface area contributed by atoms with Crippen LogP contribution in [0.25, 0.3) is 0 Å². The van der Waals surface area contributed by atoms with Gasteiger partial charge < -0.3 is 21.7 Å². The third kappa shape index (κ3) is 9.69. The summed E-state index contributed by atoms with van der Waals surface area (Å²) < 4.78 is 5.05. The number of rotatable bonds is 17. The van der Waals surface area contributed by atoms with Crippen molar-refractivity contribution in [1.29, 1.82) is 0 Å². The van der Waals surface area contributed by atoms with Gasteiger partial charge in [-0.05, 0) is 69.5 Å². The molecule has 0 N–H and O–H groups in total. The van der Waals surface area contributed by atoms with Gasteiger partial charge in [-0.15, -0.1) is 0 Å². The minimum absolute atomic E-state index is 0. The lowest BCUT2D eigenvalue weighted by molar-refractivity contribution is -0.151. The highest BCUT2D eigenvalue weighted by Crippen LogP contribution is 2.56. The van der Waals surface area contributed by atoms with E-state index in [-0.39, 0.29) is 28.7 Å². The van der Waals surface area contributed by atoms with Gasteiger partial charge in [0, 0.05) is 0 Å². The van der Waals surface area contributed by atoms with Gasteiger partial charge >= 0.3 is 5.97 Å². The molecule has 3 aromatic carbocycles. The number of ketones is 1. The van der Waals surface area contributed by atoms with Crippen LogP contribution in [0.15, 0.2) is 91.0 Å². The Kier molecular flexibility index (Phi) is 15.3. The first-order valence-corrected chi connectivity index (χ1v) is 16.3. The fourth-order valence-corrected chi connectivity index (χ4v) is 9.78. The Morgan fingerprint density at radius 2 is 1.03 bits per heavy atom. The summed E-state index contributed by atoms with van der Waals surface area (Å²) in [6.07, 6.45) is 11.1. The van der Waals surface area contributed by atoms with Crippen molar-refractivity contribution in [3.63, 3.8) is 0 Å². The largest absolute Gasteiger partial charge is 1.00 e. The van der Waals surface area contributed by atoms with E-state index in [2.05, 4.69) is 91.0 Å². The van der Waals surface area contributed by atoms with Crippen LogP contribution in [-0.4, -0.2) is 24.5 Å². The summed E-state index contributed by atoms with van der Waals surface area (Å²) in [5.41, 5.74) is 0. The molecule has 0 radical (unpaired) electrons. The highest BCUT2D eigenvalue weighted by Gasteiger charge is 2.44. The Balaban J connectivity index is 0.00000533. The second-order valence-corrected chi connectivity index (χ2v) is 13.7. The highest BCUT2D eigenvalue weighted by molar-refractivity contribution is 7.95. The van der Waals surface area contributed by atoms with Crippen LogP contribution in [0.1, 0.15) is 71.6 Å². The zero-order valence-corrected chi connectivity index (χ0v) is 26.0. The van der Waals surface area contributed by atoms with Gasteiger partial charge in [0.2, 0.25) is 0 Å². The molecule has 0 saturated heterocycles. The highest BCUT2D eigenvalue weighted by atomic mass is 79.9. The van der Waals surface area contributed by atoms with Crippen LogP contribution in [0.4, 0.5) is 0 Å². The quantitative estimate of drug-likeness (QED) is 0.0992. The summed E-state index contributed by atoms with van der Waals surface area (Å²) >= 11 is 0. The van der Waals surface area contributed by atoms with Gasteiger partial charge in [0.1, 0.15) is 34.9 Å². The van der Waals surface area contributed by atoms with Gasteiger partial charge in [-0.2, -0.15) is 0 Å². The van der Waals surface area contributed by atoms with Crippen molar-refractivity contribution < 1.29 is 31.3 Å². The van der Waals surface area contributed by atoms with E-state index in [9.17, 15) is 9.59 Å². The maximum absolute atomic E-state index is 12.0. The minimum atomic E-state index is -1.72. The summed E-state index contributed by atoms with van der Waals surface area (Å²) in [7, 11) is -1.72. The standard InChI is InChI=1S/C34H44O3P.BrH/c1-3-37-34(36)33(29(2)35)27-19-8-6-4-5-7-9-20-28-38(30-21-13-10-14-22-30,31-23-15-11-16-24-31)32-25-17-12-18-26-32;/h10-18,21-26,33H,3-9,19-20,27-28H2,1-2H3;1H/q+1;/p-1. The molecular formula is C34H44BrO3P. The Labute approximate surface area is 246 Å². The van der Waals surface area contributed by atoms with Crippen LogP contribution >= 0.6 is 7.26 Å². The fourth-order valence-electron chi connectivity index (χ4n) is 5.37. The van der Waals surface area contributed by atoms with Crippen molar-refractivity contribution in [3.05, 3.63) is 91.0 Å². The molecule has 0 aliphatic rings. The van der Waals surface area contributed by atoms with Crippen molar-refractivity contribution in [2.75, 3.05) is 12.8 Å². The van der Waals surface area contributed by atoms with Crippen LogP contribution in [-0.2, 0) is 14.3 Å². The van der Waals surface area contributed by atoms with Crippen LogP contribution < -0.4 is 32.9 Å². The second-order valence-electron chi connectivity index (χ2n) is 10.1. The monoisotopic (exact) mass is 610 g/mol. The molecule has 0 amide bonds. The number of ether oxygens (including phenoxy) is 1. The number of unbranched alkanes of at least 4 members (excludes halogenated alkanes) is 7. The SMILES string of the molecule is CCOC(=O)C(CCCCCCCCCC[P+](c1ccccc1)(c1ccccc1)c1ccccc1)C(C)=O.[Br-]. The average molecular weight is 612 g/mol. The van der Waals surface area contributed by atoms with Crippen LogP contribution in [0, 0.1) is 5.92 Å². The maximum atomic E-state index is 12.0. The summed E-state index contributed by atoms with van der Waals surface area (Å²) in [6.45, 7) is 3.60. The van der Waals surface area contributed by atoms with Gasteiger partial charge in [0.25, 0.3) is 0 Å². The van der Waals surface area contributed by atoms with Crippen molar-refractivity contribution in [1.82, 2.24) is 0 Å². The average Bonchev–Trinajstić information content (AvgIpc) is 2.95. The number of hydrogen-bond donors (Lipinski definition) is 0. The first-order chi connectivity index (χ1) is 18.6. The molecule has 0 fully saturated rings. The molecule has 0 aliphatic carbocycles. The summed E-state index contributed by atoms with van der Waals surface area (Å²) in [5.74, 6) is -1.03. The Morgan fingerprint density at radius 1 is 0.641 bits per heavy atom. The number of halogens is 1. The lowest BCUT2D eigenvalue weighted by Crippen LogP contribution is -3.00. The van der Waals surface area contributed by atoms with E-state index < -0.39 is 13.2 Å². The molecule has 0 bridgehead atoms. The van der Waals surface area contributed by atoms with Gasteiger partial charge in [-0.3, -0.25) is 9.59 Å². The molecule has 1 atom stereocenters. The molecule has 0 spiro atoms. The predicted octanol–water partition coefficient (Wildman–Crippen LogP) is 4.26. The molecule has 3 nitrogen and oxygen atoms in total. The van der Waals surface area contributed by atoms with Gasteiger partial charge in [-0.25, -0.2) is 0 Å². The number of carbonyl (C=O) groups is 2. The summed E-state index contributed by atoms with van der Waals surface area (Å²) in [5, 5.41) is 4.39. The molecule has 5 heteroatoms. The van der Waals surface area contributed by atoms with Crippen molar-refractivity contribution >= 4 is 34.9 Å². The van der Waals surface area contributed by atoms with Crippen LogP contribution in [0.5, 0.6) is 0 Å². The van der Waals surface area contributed by atoms with Gasteiger partial charge in [-0.1, -0.05) is 93.1 Å². The smallest absolute Gasteiger partial charge is 0.316 e. The predicted molar refractivity (Wildman–Crippen MR) is 162 cm³/mol. The Bertz CT molecular complexity index is 993. The molecule has 0 aromatic heterocycles. The molecule has 210 valence electrons. The minimum Gasteiger partial charge on any atom is -1.00 e. The van der Waals surface area contributed by atoms with E-state index in [1.54, 1.807) is 6.92 Å². The zero-order chi connectivity index (χ0) is 27.1. The van der Waals surface area contributed by atoms with E-state index in [0.717, 1.165) is 19.3 Å². The van der Waals surface area contributed by atoms with E-state index in [4.69, 9.17) is 4.74 Å². The molecule has 1 unspecified atom stereocenters. The normalized spacial score (nSPS) is 11.8. The second kappa shape index (κ2) is 18.1. The van der Waals surface area contributed by atoms with E-state index >= 15 is 0 Å². The van der Waals surface area contributed by atoms with Crippen LogP contribution in [0.3, 0.4) is 0 Å². The van der Waals surface area contributed by atoms with E-state index in [1.807, 2.05) is 0 Å². The molecule has 39 heavy (non-hydrogen) atoms. The van der Waals surface area contributed by atoms with Gasteiger partial charge in [0.05, 0.1) is 12.8 Å². The number of benzene rings is 3. The van der Waals surface area contributed by atoms with E-state index in [1.165, 1.54) is 61.1 Å². The first kappa shape index (κ1) is 32.9. The lowest BCUT2D eigenvalue weighted by atomic mass is 9.97. The number of carbonyl (C=O) groups excluding carboxylic acids is 2. The first-order valence-electron chi connectivity index (χ1n) is 14.3. The maximum Gasteiger partial charge on any atom is 0.316 e. The molecule has 0 saturated carbocycles. The number of esters is 1. The molecule has 0 heterocycles. The van der Waals surface area contributed by atoms with Crippen molar-refractivity contribution in [3.8, 4) is 0 Å². The lowest BCUT2D eigenvalue weighted by Gasteiger charge is -2.27. The summed E-state index contributed by atoms with van der Waals surface area (Å²) in [4.78, 5) is 23.7. The van der Waals surface area contributed by atoms with E-state index in [0.29, 0.717) is 13.0 Å². The fraction of sp³-hybridized carbons (Fsp3) is 0.412. The Hall–Kier alpha value is -2.29. The van der Waals surface area contributed by atoms with Crippen molar-refractivity contribution in [2.24, 2.45) is 5.92 Å². The number of Topliss-reactive ketones (excluding diaryl/α,β-unsaturated/α-hetero) is 1. The third-order valence-corrected chi connectivity index (χ3v) is 11.9. The number of hydrogen-bond acceptors (Lipinski definition) is 3. The third-order valence-electron chi connectivity index (χ3n) is 7.39. The van der Waals surface area contributed by atoms with Crippen LogP contribution in [0.2, 0.25) is 0 Å². The molecule has 0 aliphatic heterocycles. The zero-order valence-electron chi connectivity index (χ0n) is 23.6. The topological polar surface area (TPSA) is 43.4 Å².